The van der Waals surface area contributed by atoms with E-state index in [-0.39, 0.29) is 81.7 Å². The van der Waals surface area contributed by atoms with E-state index in [4.69, 9.17) is 28.7 Å². The first kappa shape index (κ1) is 54.2. The van der Waals surface area contributed by atoms with Gasteiger partial charge in [0.05, 0.1) is 54.2 Å². The number of methoxy groups -OCH3 is 2. The van der Waals surface area contributed by atoms with E-state index in [0.29, 0.717) is 50.6 Å². The zero-order chi connectivity index (χ0) is 52.6. The van der Waals surface area contributed by atoms with Crippen LogP contribution in [0.1, 0.15) is 90.6 Å². The van der Waals surface area contributed by atoms with E-state index in [9.17, 15) is 39.6 Å². The van der Waals surface area contributed by atoms with Gasteiger partial charge in [0.15, 0.2) is 5.75 Å². The molecule has 19 nitrogen and oxygen atoms in total. The van der Waals surface area contributed by atoms with Gasteiger partial charge in [-0.3, -0.25) is 19.4 Å². The van der Waals surface area contributed by atoms with Crippen molar-refractivity contribution in [1.82, 2.24) is 14.7 Å². The van der Waals surface area contributed by atoms with Crippen LogP contribution in [0.25, 0.3) is 10.8 Å². The molecule has 0 aliphatic carbocycles. The zero-order valence-electron chi connectivity index (χ0n) is 43.6. The van der Waals surface area contributed by atoms with Gasteiger partial charge in [-0.05, 0) is 25.8 Å². The van der Waals surface area contributed by atoms with Crippen molar-refractivity contribution in [2.24, 2.45) is 39.6 Å². The number of fused-ring (bicyclic) bond motifs is 13. The standard InChI is InChI=1S/C53H74N6O13/c1-28(2)27-57-19-17-53(18-20-57)55-40-37-38-45(63)34(8)48-39(37)49(65)52(9,72-48)70-26-15-35(69-11)31(5)47(71-51(67)59-23-21-58(22-24-59)36(60)16-25-68-10)33(7)44(62)32(6)43(61)29(3)13-12-14-30(4)50(66)54-42(46(38)64)41(40)56-53/h12-15,26,28-29,31-33,35,43-44,47,55,61-64H,16-25,27H2,1-11H3/b13-12+,26-15+,30-14-,54-42?/t29-,31+,32+,33+,35-,43-,44+,47+,52-/m0/s1. The number of allylic oxidation sites excluding steroid dienone is 2. The summed E-state index contributed by atoms with van der Waals surface area (Å²) in [6.07, 6.45) is 4.20. The molecule has 6 aliphatic heterocycles. The van der Waals surface area contributed by atoms with Crippen LogP contribution in [0, 0.1) is 36.5 Å². The van der Waals surface area contributed by atoms with Gasteiger partial charge in [0, 0.05) is 120 Å². The summed E-state index contributed by atoms with van der Waals surface area (Å²) in [5, 5.41) is 51.4. The number of nitrogens with zero attached hydrogens (tertiary/aromatic N) is 5. The van der Waals surface area contributed by atoms with Gasteiger partial charge in [-0.1, -0.05) is 59.8 Å². The number of benzene rings is 2. The number of ether oxygens (including phenoxy) is 5. The second-order valence-electron chi connectivity index (χ2n) is 20.9. The Bertz CT molecular complexity index is 2630. The van der Waals surface area contributed by atoms with Crippen LogP contribution in [0.4, 0.5) is 10.5 Å². The maximum atomic E-state index is 14.9. The normalized spacial score (nSPS) is 30.8. The third-order valence-corrected chi connectivity index (χ3v) is 15.3. The number of hydrogen-bond acceptors (Lipinski definition) is 16. The molecule has 9 atom stereocenters. The van der Waals surface area contributed by atoms with Crippen molar-refractivity contribution < 1.29 is 63.3 Å². The number of aliphatic hydroxyl groups is 2. The molecule has 5 N–H and O–H groups in total. The highest BCUT2D eigenvalue weighted by Crippen LogP contribution is 2.51. The highest BCUT2D eigenvalue weighted by molar-refractivity contribution is 6.21. The fourth-order valence-electron chi connectivity index (χ4n) is 10.7. The SMILES string of the molecule is COCCC(=O)N1CCN(C(=O)O[C@H]2[C@H](C)[C@H](O)[C@H](C)[C@@H](O)[C@@H](C)/C=C/C=C(/C)C(=O)N=c3c(O)c4c(O)c(C)c5c(c4c4c3=NC3(CCN(CC(C)C)CC3)N4)C(=O)[C@@](C)(O/C=C/[C@H](OC)[C@H]2C)O5)CC1. The number of carbonyl (C=O) groups is 4. The number of aromatic hydroxyl groups is 2. The number of aliphatic hydroxyl groups excluding tert-OH is 2. The van der Waals surface area contributed by atoms with Gasteiger partial charge in [-0.25, -0.2) is 9.79 Å². The number of rotatable bonds is 7. The molecule has 0 saturated carbocycles. The van der Waals surface area contributed by atoms with E-state index >= 15 is 0 Å². The second-order valence-corrected chi connectivity index (χ2v) is 20.9. The number of carbonyl (C=O) groups excluding carboxylic acids is 4. The Morgan fingerprint density at radius 2 is 1.56 bits per heavy atom. The Hall–Kier alpha value is -5.60. The molecule has 0 unspecified atom stereocenters. The lowest BCUT2D eigenvalue weighted by atomic mass is 9.78. The average Bonchev–Trinajstić information content (AvgIpc) is 3.86. The van der Waals surface area contributed by atoms with Crippen LogP contribution in [-0.2, 0) is 28.5 Å². The number of hydrogen-bond donors (Lipinski definition) is 5. The summed E-state index contributed by atoms with van der Waals surface area (Å²) in [6, 6.07) is 0. The van der Waals surface area contributed by atoms with Crippen molar-refractivity contribution in [3.63, 3.8) is 0 Å². The number of phenolic OH excluding ortho intramolecular Hbond substituents is 2. The number of ketones is 1. The van der Waals surface area contributed by atoms with E-state index in [0.717, 1.165) is 6.54 Å². The van der Waals surface area contributed by atoms with Gasteiger partial charge >= 0.3 is 11.9 Å². The molecule has 2 saturated heterocycles. The Labute approximate surface area is 421 Å². The van der Waals surface area contributed by atoms with Crippen LogP contribution in [0.3, 0.4) is 0 Å². The Morgan fingerprint density at radius 3 is 2.19 bits per heavy atom. The quantitative estimate of drug-likeness (QED) is 0.240. The van der Waals surface area contributed by atoms with Crippen molar-refractivity contribution in [3.05, 3.63) is 58.0 Å². The molecule has 2 fully saturated rings. The molecule has 19 heteroatoms. The molecule has 72 heavy (non-hydrogen) atoms. The summed E-state index contributed by atoms with van der Waals surface area (Å²) < 4.78 is 29.9. The van der Waals surface area contributed by atoms with Gasteiger partial charge in [0.25, 0.3) is 11.7 Å². The first-order chi connectivity index (χ1) is 34.1. The number of Topliss-reactive ketones (excluding diaryl/α,β-unsaturated/α-hetero) is 1. The summed E-state index contributed by atoms with van der Waals surface area (Å²) in [5.41, 5.74) is -0.213. The monoisotopic (exact) mass is 1000 g/mol. The maximum absolute atomic E-state index is 14.9. The molecule has 0 radical (unpaired) electrons. The number of nitrogens with one attached hydrogen (secondary N) is 1. The molecule has 1 spiro atoms. The first-order valence-electron chi connectivity index (χ1n) is 25.2. The fraction of sp³-hybridized carbons (Fsp3) is 0.623. The van der Waals surface area contributed by atoms with E-state index in [1.165, 1.54) is 38.4 Å². The Kier molecular flexibility index (Phi) is 16.4. The van der Waals surface area contributed by atoms with Gasteiger partial charge in [-0.2, -0.15) is 0 Å². The predicted molar refractivity (Wildman–Crippen MR) is 267 cm³/mol. The van der Waals surface area contributed by atoms with E-state index in [1.54, 1.807) is 64.7 Å². The minimum Gasteiger partial charge on any atom is -0.507 e. The van der Waals surface area contributed by atoms with Crippen LogP contribution >= 0.6 is 0 Å². The molecule has 8 rings (SSSR count). The van der Waals surface area contributed by atoms with Crippen molar-refractivity contribution in [1.29, 1.82) is 0 Å². The number of amides is 3. The molecular formula is C53H74N6O13. The van der Waals surface area contributed by atoms with Crippen molar-refractivity contribution in [2.75, 3.05) is 72.0 Å². The van der Waals surface area contributed by atoms with E-state index < -0.39 is 83.1 Å². The number of piperidine rings is 1. The lowest BCUT2D eigenvalue weighted by Gasteiger charge is -2.40. The molecule has 6 heterocycles. The molecule has 3 amide bonds. The topological polar surface area (TPSA) is 242 Å². The second kappa shape index (κ2) is 21.9. The molecule has 6 aliphatic rings. The minimum absolute atomic E-state index is 0.0327. The van der Waals surface area contributed by atoms with Gasteiger partial charge in [0.1, 0.15) is 34.0 Å². The van der Waals surface area contributed by atoms with Gasteiger partial charge in [0.2, 0.25) is 5.91 Å². The highest BCUT2D eigenvalue weighted by atomic mass is 16.7. The summed E-state index contributed by atoms with van der Waals surface area (Å²) >= 11 is 0. The predicted octanol–water partition coefficient (Wildman–Crippen LogP) is 4.50. The summed E-state index contributed by atoms with van der Waals surface area (Å²) in [7, 11) is 2.99. The van der Waals surface area contributed by atoms with Crippen molar-refractivity contribution in [3.8, 4) is 17.2 Å². The van der Waals surface area contributed by atoms with Crippen LogP contribution in [0.5, 0.6) is 17.2 Å². The highest BCUT2D eigenvalue weighted by Gasteiger charge is 2.51. The number of likely N-dealkylation sites (tertiary alicyclic amines) is 1. The maximum Gasteiger partial charge on any atom is 0.410 e. The molecule has 0 aromatic heterocycles. The number of anilines is 1. The molecule has 2 aromatic carbocycles. The lowest BCUT2D eigenvalue weighted by Crippen LogP contribution is -2.53. The van der Waals surface area contributed by atoms with E-state index in [1.807, 2.05) is 0 Å². The van der Waals surface area contributed by atoms with Gasteiger partial charge in [-0.15, -0.1) is 0 Å². The Morgan fingerprint density at radius 1 is 0.889 bits per heavy atom. The average molecular weight is 1000 g/mol. The van der Waals surface area contributed by atoms with Crippen LogP contribution in [0.2, 0.25) is 0 Å². The van der Waals surface area contributed by atoms with Crippen molar-refractivity contribution in [2.45, 2.75) is 117 Å². The fourth-order valence-corrected chi connectivity index (χ4v) is 10.7. The number of phenols is 2. The third-order valence-electron chi connectivity index (χ3n) is 15.3. The first-order valence-corrected chi connectivity index (χ1v) is 25.2. The van der Waals surface area contributed by atoms with Gasteiger partial charge < -0.3 is 64.1 Å². The number of piperazine rings is 1. The molecule has 5 bridgehead atoms. The van der Waals surface area contributed by atoms with E-state index in [2.05, 4.69) is 29.1 Å². The zero-order valence-corrected chi connectivity index (χ0v) is 43.6. The third kappa shape index (κ3) is 10.6. The summed E-state index contributed by atoms with van der Waals surface area (Å²) in [4.78, 5) is 70.8. The Balaban J connectivity index is 1.30. The molecular weight excluding hydrogens is 929 g/mol. The van der Waals surface area contributed by atoms with Crippen LogP contribution in [-0.4, -0.2) is 161 Å². The molecule has 394 valence electrons. The van der Waals surface area contributed by atoms with Crippen molar-refractivity contribution >= 4 is 40.2 Å². The van der Waals surface area contributed by atoms with Crippen LogP contribution < -0.4 is 20.8 Å². The largest absolute Gasteiger partial charge is 0.507 e. The lowest BCUT2D eigenvalue weighted by molar-refractivity contribution is -0.134. The minimum atomic E-state index is -2.00. The van der Waals surface area contributed by atoms with Crippen LogP contribution in [0.15, 0.2) is 46.1 Å². The smallest absolute Gasteiger partial charge is 0.410 e. The summed E-state index contributed by atoms with van der Waals surface area (Å²) in [6.45, 7) is 19.5. The summed E-state index contributed by atoms with van der Waals surface area (Å²) in [5.74, 6) is -6.59. The molecule has 2 aromatic rings.